The van der Waals surface area contributed by atoms with Crippen LogP contribution in [0.15, 0.2) is 23.1 Å². The molecule has 0 aromatic heterocycles. The maximum absolute atomic E-state index is 12.5. The van der Waals surface area contributed by atoms with Crippen molar-refractivity contribution >= 4 is 21.6 Å². The number of hydrogen-bond acceptors (Lipinski definition) is 2. The molecule has 0 atom stereocenters. The number of hydrogen-bond donors (Lipinski definition) is 0. The molecule has 0 radical (unpaired) electrons. The number of aryl methyl sites for hydroxylation is 1. The van der Waals surface area contributed by atoms with E-state index in [-0.39, 0.29) is 17.3 Å². The maximum atomic E-state index is 12.5. The highest BCUT2D eigenvalue weighted by atomic mass is 35.5. The Labute approximate surface area is 127 Å². The molecule has 0 heterocycles. The van der Waals surface area contributed by atoms with Crippen LogP contribution in [0.3, 0.4) is 0 Å². The van der Waals surface area contributed by atoms with Crippen molar-refractivity contribution < 1.29 is 21.6 Å². The Bertz CT molecular complexity index is 588. The fourth-order valence-corrected chi connectivity index (χ4v) is 3.68. The molecule has 0 spiro atoms. The zero-order valence-electron chi connectivity index (χ0n) is 11.7. The number of benzene rings is 1. The van der Waals surface area contributed by atoms with Gasteiger partial charge in [0.2, 0.25) is 10.0 Å². The molecule has 0 fully saturated rings. The van der Waals surface area contributed by atoms with Gasteiger partial charge in [-0.2, -0.15) is 17.5 Å². The summed E-state index contributed by atoms with van der Waals surface area (Å²) in [5.74, 6) is 0.109. The number of rotatable bonds is 6. The monoisotopic (exact) mass is 343 g/mol. The van der Waals surface area contributed by atoms with Crippen LogP contribution in [0.4, 0.5) is 13.2 Å². The third kappa shape index (κ3) is 4.59. The molecule has 0 saturated carbocycles. The van der Waals surface area contributed by atoms with Gasteiger partial charge in [-0.25, -0.2) is 8.42 Å². The minimum absolute atomic E-state index is 0.109. The lowest BCUT2D eigenvalue weighted by Crippen LogP contribution is -2.38. The summed E-state index contributed by atoms with van der Waals surface area (Å²) in [7, 11) is -4.19. The largest absolute Gasteiger partial charge is 0.402 e. The molecule has 0 bridgehead atoms. The van der Waals surface area contributed by atoms with Crippen molar-refractivity contribution in [1.82, 2.24) is 4.31 Å². The van der Waals surface area contributed by atoms with Crippen LogP contribution >= 0.6 is 11.6 Å². The van der Waals surface area contributed by atoms with Crippen molar-refractivity contribution in [3.05, 3.63) is 29.3 Å². The zero-order valence-corrected chi connectivity index (χ0v) is 13.3. The van der Waals surface area contributed by atoms with Crippen molar-refractivity contribution in [2.75, 3.05) is 13.1 Å². The van der Waals surface area contributed by atoms with Crippen molar-refractivity contribution in [2.45, 2.75) is 37.2 Å². The molecule has 21 heavy (non-hydrogen) atoms. The van der Waals surface area contributed by atoms with Crippen LogP contribution in [-0.4, -0.2) is 32.0 Å². The minimum Gasteiger partial charge on any atom is -0.207 e. The quantitative estimate of drug-likeness (QED) is 0.741. The van der Waals surface area contributed by atoms with Gasteiger partial charge in [0.25, 0.3) is 0 Å². The van der Waals surface area contributed by atoms with E-state index in [9.17, 15) is 21.6 Å². The van der Waals surface area contributed by atoms with E-state index in [4.69, 9.17) is 11.6 Å². The van der Waals surface area contributed by atoms with E-state index in [0.29, 0.717) is 16.3 Å². The molecule has 3 nitrogen and oxygen atoms in total. The van der Waals surface area contributed by atoms with Crippen LogP contribution in [0.25, 0.3) is 0 Å². The summed E-state index contributed by atoms with van der Waals surface area (Å²) in [5, 5.41) is 0. The number of alkyl halides is 4. The normalized spacial score (nSPS) is 12.9. The van der Waals surface area contributed by atoms with Crippen LogP contribution < -0.4 is 0 Å². The molecule has 0 unspecified atom stereocenters. The third-order valence-corrected chi connectivity index (χ3v) is 5.25. The number of halogens is 4. The minimum atomic E-state index is -4.58. The Morgan fingerprint density at radius 1 is 1.19 bits per heavy atom. The highest BCUT2D eigenvalue weighted by molar-refractivity contribution is 7.89. The third-order valence-electron chi connectivity index (χ3n) is 3.05. The van der Waals surface area contributed by atoms with E-state index in [0.717, 1.165) is 5.56 Å². The molecule has 120 valence electrons. The van der Waals surface area contributed by atoms with Crippen molar-refractivity contribution in [3.8, 4) is 0 Å². The first kappa shape index (κ1) is 18.3. The van der Waals surface area contributed by atoms with Crippen LogP contribution in [0.5, 0.6) is 0 Å². The Balaban J connectivity index is 3.23. The Kier molecular flexibility index (Phi) is 6.07. The lowest BCUT2D eigenvalue weighted by atomic mass is 10.1. The van der Waals surface area contributed by atoms with Gasteiger partial charge in [-0.3, -0.25) is 0 Å². The van der Waals surface area contributed by atoms with Gasteiger partial charge < -0.3 is 0 Å². The summed E-state index contributed by atoms with van der Waals surface area (Å²) in [5.41, 5.74) is 1.49. The molecule has 1 aromatic carbocycles. The molecule has 1 aromatic rings. The molecule has 0 aliphatic carbocycles. The second-order valence-corrected chi connectivity index (χ2v) is 6.67. The average molecular weight is 344 g/mol. The van der Waals surface area contributed by atoms with E-state index >= 15 is 0 Å². The molecule has 0 N–H and O–H groups in total. The van der Waals surface area contributed by atoms with Crippen molar-refractivity contribution in [2.24, 2.45) is 0 Å². The van der Waals surface area contributed by atoms with Gasteiger partial charge >= 0.3 is 6.18 Å². The molecular formula is C13H17ClF3NO2S. The molecule has 0 aliphatic rings. The van der Waals surface area contributed by atoms with Crippen LogP contribution in [0.2, 0.25) is 0 Å². The summed E-state index contributed by atoms with van der Waals surface area (Å²) >= 11 is 5.76. The fourth-order valence-electron chi connectivity index (χ4n) is 1.95. The van der Waals surface area contributed by atoms with E-state index in [1.54, 1.807) is 6.07 Å². The van der Waals surface area contributed by atoms with Gasteiger partial charge in [0.15, 0.2) is 0 Å². The van der Waals surface area contributed by atoms with E-state index in [1.807, 2.05) is 6.92 Å². The van der Waals surface area contributed by atoms with Gasteiger partial charge in [-0.05, 0) is 29.7 Å². The number of nitrogens with zero attached hydrogens (tertiary/aromatic N) is 1. The molecule has 0 saturated heterocycles. The van der Waals surface area contributed by atoms with Crippen LogP contribution in [-0.2, 0) is 22.3 Å². The van der Waals surface area contributed by atoms with Crippen LogP contribution in [0, 0.1) is 0 Å². The lowest BCUT2D eigenvalue weighted by molar-refractivity contribution is -0.135. The van der Waals surface area contributed by atoms with Gasteiger partial charge in [0.05, 0.1) is 4.90 Å². The first-order chi connectivity index (χ1) is 9.65. The zero-order chi connectivity index (χ0) is 16.3. The Morgan fingerprint density at radius 3 is 2.24 bits per heavy atom. The second kappa shape index (κ2) is 6.98. The second-order valence-electron chi connectivity index (χ2n) is 4.46. The van der Waals surface area contributed by atoms with Gasteiger partial charge in [-0.15, -0.1) is 11.6 Å². The Hall–Kier alpha value is -0.790. The van der Waals surface area contributed by atoms with E-state index < -0.39 is 22.7 Å². The molecule has 8 heteroatoms. The highest BCUT2D eigenvalue weighted by Gasteiger charge is 2.36. The summed E-state index contributed by atoms with van der Waals surface area (Å²) in [6.07, 6.45) is -3.91. The molecule has 0 aliphatic heterocycles. The number of sulfonamides is 1. The van der Waals surface area contributed by atoms with Gasteiger partial charge in [-0.1, -0.05) is 19.9 Å². The SMILES string of the molecule is CCc1ccc(S(=O)(=O)N(CC)CC(F)(F)F)cc1CCl. The van der Waals surface area contributed by atoms with E-state index in [2.05, 4.69) is 0 Å². The standard InChI is InChI=1S/C13H17ClF3NO2S/c1-3-10-5-6-12(7-11(10)8-14)21(19,20)18(4-2)9-13(15,16)17/h5-7H,3-4,8-9H2,1-2H3. The topological polar surface area (TPSA) is 37.4 Å². The molecule has 0 amide bonds. The smallest absolute Gasteiger partial charge is 0.207 e. The highest BCUT2D eigenvalue weighted by Crippen LogP contribution is 2.25. The molecular weight excluding hydrogens is 327 g/mol. The van der Waals surface area contributed by atoms with Gasteiger partial charge in [0.1, 0.15) is 6.54 Å². The predicted molar refractivity (Wildman–Crippen MR) is 75.9 cm³/mol. The average Bonchev–Trinajstić information content (AvgIpc) is 2.42. The Morgan fingerprint density at radius 2 is 1.81 bits per heavy atom. The van der Waals surface area contributed by atoms with E-state index in [1.165, 1.54) is 19.1 Å². The van der Waals surface area contributed by atoms with Crippen LogP contribution in [0.1, 0.15) is 25.0 Å². The fraction of sp³-hybridized carbons (Fsp3) is 0.538. The predicted octanol–water partition coefficient (Wildman–Crippen LogP) is 3.56. The summed E-state index contributed by atoms with van der Waals surface area (Å²) in [6, 6.07) is 4.26. The summed E-state index contributed by atoms with van der Waals surface area (Å²) in [4.78, 5) is -0.165. The summed E-state index contributed by atoms with van der Waals surface area (Å²) < 4.78 is 62.4. The first-order valence-corrected chi connectivity index (χ1v) is 8.37. The summed E-state index contributed by atoms with van der Waals surface area (Å²) in [6.45, 7) is 1.50. The van der Waals surface area contributed by atoms with Gasteiger partial charge in [0, 0.05) is 12.4 Å². The maximum Gasteiger partial charge on any atom is 0.402 e. The van der Waals surface area contributed by atoms with Crippen molar-refractivity contribution in [3.63, 3.8) is 0 Å². The van der Waals surface area contributed by atoms with Crippen molar-refractivity contribution in [1.29, 1.82) is 0 Å². The molecule has 1 rings (SSSR count). The lowest BCUT2D eigenvalue weighted by Gasteiger charge is -2.22. The first-order valence-electron chi connectivity index (χ1n) is 6.40.